The standard InChI is InChI=1S/C20H18ClN3O/c1-13-6-7-16(21)10-17(13)18-11-19(23-22-18)20(25)24-9-8-14-4-2-3-5-15(14)12-24/h2-7,10-11H,8-9,12H2,1H3,(H,22,23). The topological polar surface area (TPSA) is 49.0 Å². The number of rotatable bonds is 2. The molecule has 0 unspecified atom stereocenters. The van der Waals surface area contributed by atoms with Gasteiger partial charge in [-0.05, 0) is 48.2 Å². The number of H-pyrrole nitrogens is 1. The molecule has 0 bridgehead atoms. The lowest BCUT2D eigenvalue weighted by atomic mass is 9.99. The normalized spacial score (nSPS) is 13.6. The van der Waals surface area contributed by atoms with Gasteiger partial charge in [-0.2, -0.15) is 5.10 Å². The van der Waals surface area contributed by atoms with Gasteiger partial charge in [0.15, 0.2) is 0 Å². The minimum atomic E-state index is -0.0204. The molecule has 4 rings (SSSR count). The van der Waals surface area contributed by atoms with Crippen molar-refractivity contribution in [2.45, 2.75) is 19.9 Å². The van der Waals surface area contributed by atoms with Gasteiger partial charge in [0.1, 0.15) is 5.69 Å². The van der Waals surface area contributed by atoms with Crippen molar-refractivity contribution in [3.05, 3.63) is 75.9 Å². The van der Waals surface area contributed by atoms with Crippen LogP contribution in [-0.4, -0.2) is 27.5 Å². The quantitative estimate of drug-likeness (QED) is 0.750. The number of aromatic nitrogens is 2. The summed E-state index contributed by atoms with van der Waals surface area (Å²) in [4.78, 5) is 14.7. The fourth-order valence-corrected chi connectivity index (χ4v) is 3.45. The van der Waals surface area contributed by atoms with Gasteiger partial charge in [0.05, 0.1) is 5.69 Å². The van der Waals surface area contributed by atoms with E-state index in [1.165, 1.54) is 11.1 Å². The Bertz CT molecular complexity index is 948. The zero-order valence-corrected chi connectivity index (χ0v) is 14.7. The van der Waals surface area contributed by atoms with Crippen LogP contribution >= 0.6 is 11.6 Å². The smallest absolute Gasteiger partial charge is 0.272 e. The molecule has 0 atom stereocenters. The number of carbonyl (C=O) groups is 1. The third-order valence-electron chi connectivity index (χ3n) is 4.70. The minimum Gasteiger partial charge on any atom is -0.333 e. The van der Waals surface area contributed by atoms with Crippen LogP contribution in [0.3, 0.4) is 0 Å². The van der Waals surface area contributed by atoms with Crippen LogP contribution < -0.4 is 0 Å². The summed E-state index contributed by atoms with van der Waals surface area (Å²) < 4.78 is 0. The van der Waals surface area contributed by atoms with Gasteiger partial charge < -0.3 is 4.90 Å². The van der Waals surface area contributed by atoms with Crippen molar-refractivity contribution in [2.75, 3.05) is 6.54 Å². The first-order valence-electron chi connectivity index (χ1n) is 8.30. The molecule has 1 aliphatic rings. The third-order valence-corrected chi connectivity index (χ3v) is 4.94. The van der Waals surface area contributed by atoms with Gasteiger partial charge in [0.25, 0.3) is 5.91 Å². The maximum absolute atomic E-state index is 12.8. The van der Waals surface area contributed by atoms with E-state index in [2.05, 4.69) is 22.3 Å². The second-order valence-corrected chi connectivity index (χ2v) is 6.81. The highest BCUT2D eigenvalue weighted by Gasteiger charge is 2.23. The first-order valence-corrected chi connectivity index (χ1v) is 8.67. The number of fused-ring (bicyclic) bond motifs is 1. The Balaban J connectivity index is 1.58. The van der Waals surface area contributed by atoms with E-state index in [4.69, 9.17) is 11.6 Å². The molecule has 2 heterocycles. The molecule has 0 aliphatic carbocycles. The van der Waals surface area contributed by atoms with Gasteiger partial charge >= 0.3 is 0 Å². The van der Waals surface area contributed by atoms with Crippen LogP contribution in [0.25, 0.3) is 11.3 Å². The molecule has 1 aromatic heterocycles. The van der Waals surface area contributed by atoms with Crippen LogP contribution in [0.15, 0.2) is 48.5 Å². The van der Waals surface area contributed by atoms with Crippen LogP contribution in [0.4, 0.5) is 0 Å². The minimum absolute atomic E-state index is 0.0204. The molecule has 126 valence electrons. The number of hydrogen-bond acceptors (Lipinski definition) is 2. The number of carbonyl (C=O) groups excluding carboxylic acids is 1. The SMILES string of the molecule is Cc1ccc(Cl)cc1-c1cc(C(=O)N2CCc3ccccc3C2)[nH]n1. The summed E-state index contributed by atoms with van der Waals surface area (Å²) in [7, 11) is 0. The number of amides is 1. The van der Waals surface area contributed by atoms with E-state index in [0.717, 1.165) is 29.8 Å². The van der Waals surface area contributed by atoms with Crippen molar-refractivity contribution in [3.8, 4) is 11.3 Å². The monoisotopic (exact) mass is 351 g/mol. The Labute approximate surface area is 151 Å². The van der Waals surface area contributed by atoms with Gasteiger partial charge in [-0.15, -0.1) is 0 Å². The maximum Gasteiger partial charge on any atom is 0.272 e. The average molecular weight is 352 g/mol. The Kier molecular flexibility index (Phi) is 4.06. The molecule has 1 aliphatic heterocycles. The molecule has 3 aromatic rings. The highest BCUT2D eigenvalue weighted by molar-refractivity contribution is 6.30. The Morgan fingerprint density at radius 3 is 2.80 bits per heavy atom. The van der Waals surface area contributed by atoms with Crippen molar-refractivity contribution >= 4 is 17.5 Å². The highest BCUT2D eigenvalue weighted by atomic mass is 35.5. The lowest BCUT2D eigenvalue weighted by Crippen LogP contribution is -2.36. The number of halogens is 1. The van der Waals surface area contributed by atoms with Crippen molar-refractivity contribution < 1.29 is 4.79 Å². The summed E-state index contributed by atoms with van der Waals surface area (Å²) in [5.74, 6) is -0.0204. The molecule has 2 aromatic carbocycles. The van der Waals surface area contributed by atoms with Crippen molar-refractivity contribution in [1.29, 1.82) is 0 Å². The molecule has 0 radical (unpaired) electrons. The molecule has 1 amide bonds. The Morgan fingerprint density at radius 1 is 1.16 bits per heavy atom. The molecule has 0 saturated heterocycles. The van der Waals surface area contributed by atoms with Gasteiger partial charge in [0, 0.05) is 23.7 Å². The lowest BCUT2D eigenvalue weighted by molar-refractivity contribution is 0.0728. The first-order chi connectivity index (χ1) is 12.1. The van der Waals surface area contributed by atoms with E-state index in [-0.39, 0.29) is 5.91 Å². The summed E-state index contributed by atoms with van der Waals surface area (Å²) in [5.41, 5.74) is 5.79. The Morgan fingerprint density at radius 2 is 1.96 bits per heavy atom. The molecule has 0 saturated carbocycles. The highest BCUT2D eigenvalue weighted by Crippen LogP contribution is 2.26. The van der Waals surface area contributed by atoms with Gasteiger partial charge in [-0.3, -0.25) is 9.89 Å². The first kappa shape index (κ1) is 15.9. The predicted octanol–water partition coefficient (Wildman–Crippen LogP) is 4.24. The Hall–Kier alpha value is -2.59. The summed E-state index contributed by atoms with van der Waals surface area (Å²) >= 11 is 6.09. The summed E-state index contributed by atoms with van der Waals surface area (Å²) in [6.45, 7) is 3.36. The van der Waals surface area contributed by atoms with Crippen molar-refractivity contribution in [2.24, 2.45) is 0 Å². The second kappa shape index (κ2) is 6.37. The largest absolute Gasteiger partial charge is 0.333 e. The molecular formula is C20H18ClN3O. The zero-order valence-electron chi connectivity index (χ0n) is 13.9. The zero-order chi connectivity index (χ0) is 17.4. The number of aromatic amines is 1. The van der Waals surface area contributed by atoms with Crippen LogP contribution in [0.1, 0.15) is 27.2 Å². The maximum atomic E-state index is 12.8. The lowest BCUT2D eigenvalue weighted by Gasteiger charge is -2.28. The number of aryl methyl sites for hydroxylation is 1. The van der Waals surface area contributed by atoms with E-state index in [9.17, 15) is 4.79 Å². The summed E-state index contributed by atoms with van der Waals surface area (Å²) in [6.07, 6.45) is 0.885. The average Bonchev–Trinajstić information content (AvgIpc) is 3.12. The number of benzene rings is 2. The predicted molar refractivity (Wildman–Crippen MR) is 98.7 cm³/mol. The molecule has 4 nitrogen and oxygen atoms in total. The molecule has 5 heteroatoms. The summed E-state index contributed by atoms with van der Waals surface area (Å²) in [6, 6.07) is 15.8. The molecule has 0 spiro atoms. The van der Waals surface area contributed by atoms with Crippen molar-refractivity contribution in [3.63, 3.8) is 0 Å². The van der Waals surface area contributed by atoms with Crippen LogP contribution in [-0.2, 0) is 13.0 Å². The van der Waals surface area contributed by atoms with E-state index >= 15 is 0 Å². The van der Waals surface area contributed by atoms with E-state index in [0.29, 0.717) is 17.3 Å². The van der Waals surface area contributed by atoms with E-state index in [1.807, 2.05) is 48.2 Å². The van der Waals surface area contributed by atoms with E-state index < -0.39 is 0 Å². The second-order valence-electron chi connectivity index (χ2n) is 6.37. The van der Waals surface area contributed by atoms with Crippen molar-refractivity contribution in [1.82, 2.24) is 15.1 Å². The fraction of sp³-hybridized carbons (Fsp3) is 0.200. The number of nitrogens with one attached hydrogen (secondary N) is 1. The van der Waals surface area contributed by atoms with Gasteiger partial charge in [0.2, 0.25) is 0 Å². The fourth-order valence-electron chi connectivity index (χ4n) is 3.28. The molecule has 0 fully saturated rings. The van der Waals surface area contributed by atoms with Crippen LogP contribution in [0.5, 0.6) is 0 Å². The van der Waals surface area contributed by atoms with Crippen LogP contribution in [0.2, 0.25) is 5.02 Å². The van der Waals surface area contributed by atoms with Gasteiger partial charge in [-0.1, -0.05) is 41.9 Å². The molecule has 1 N–H and O–H groups in total. The van der Waals surface area contributed by atoms with Crippen LogP contribution in [0, 0.1) is 6.92 Å². The number of hydrogen-bond donors (Lipinski definition) is 1. The summed E-state index contributed by atoms with van der Waals surface area (Å²) in [5, 5.41) is 7.86. The van der Waals surface area contributed by atoms with Gasteiger partial charge in [-0.25, -0.2) is 0 Å². The number of nitrogens with zero attached hydrogens (tertiary/aromatic N) is 2. The van der Waals surface area contributed by atoms with E-state index in [1.54, 1.807) is 0 Å². The molecule has 25 heavy (non-hydrogen) atoms. The molecular weight excluding hydrogens is 334 g/mol. The third kappa shape index (κ3) is 3.05.